The van der Waals surface area contributed by atoms with Crippen molar-refractivity contribution in [2.75, 3.05) is 13.2 Å². The molecular weight excluding hydrogens is 412 g/mol. The minimum absolute atomic E-state index is 0.0515. The van der Waals surface area contributed by atoms with Gasteiger partial charge in [0, 0.05) is 12.8 Å². The average Bonchev–Trinajstić information content (AvgIpc) is 2.80. The Hall–Kier alpha value is -3.84. The van der Waals surface area contributed by atoms with E-state index in [9.17, 15) is 14.7 Å². The maximum absolute atomic E-state index is 10.9. The predicted octanol–water partition coefficient (Wildman–Crippen LogP) is 3.89. The maximum atomic E-state index is 10.9. The topological polar surface area (TPSA) is 113 Å². The van der Waals surface area contributed by atoms with E-state index in [2.05, 4.69) is 0 Å². The molecule has 0 saturated heterocycles. The Morgan fingerprint density at radius 3 is 1.66 bits per heavy atom. The van der Waals surface area contributed by atoms with E-state index in [1.807, 2.05) is 24.3 Å². The summed E-state index contributed by atoms with van der Waals surface area (Å²) in [6, 6.07) is 21.2. The van der Waals surface area contributed by atoms with Gasteiger partial charge in [0.1, 0.15) is 11.5 Å². The molecule has 166 valence electrons. The van der Waals surface area contributed by atoms with Crippen LogP contribution >= 0.6 is 0 Å². The summed E-state index contributed by atoms with van der Waals surface area (Å²) in [5.41, 5.74) is 2.87. The molecule has 0 aromatic heterocycles. The van der Waals surface area contributed by atoms with Crippen LogP contribution in [-0.2, 0) is 11.2 Å². The average molecular weight is 436 g/mol. The molecule has 0 aliphatic carbocycles. The van der Waals surface area contributed by atoms with Gasteiger partial charge in [0.2, 0.25) is 0 Å². The van der Waals surface area contributed by atoms with Gasteiger partial charge in [0.25, 0.3) is 0 Å². The first-order valence-electron chi connectivity index (χ1n) is 10.1. The SMILES string of the molecule is O=C(O)c1ccc(-c2ccc(OCCCOc3ccc(CC(O)C(=O)O)cc3)cc2)cc1. The Morgan fingerprint density at radius 2 is 1.19 bits per heavy atom. The van der Waals surface area contributed by atoms with Gasteiger partial charge in [-0.3, -0.25) is 0 Å². The van der Waals surface area contributed by atoms with Crippen LogP contribution in [0, 0.1) is 0 Å². The van der Waals surface area contributed by atoms with Crippen molar-refractivity contribution in [2.45, 2.75) is 18.9 Å². The van der Waals surface area contributed by atoms with Crippen LogP contribution in [0.5, 0.6) is 11.5 Å². The summed E-state index contributed by atoms with van der Waals surface area (Å²) < 4.78 is 11.4. The van der Waals surface area contributed by atoms with Gasteiger partial charge < -0.3 is 24.8 Å². The lowest BCUT2D eigenvalue weighted by Crippen LogP contribution is -2.21. The lowest BCUT2D eigenvalue weighted by atomic mass is 10.0. The molecule has 3 aromatic rings. The second-order valence-corrected chi connectivity index (χ2v) is 7.16. The van der Waals surface area contributed by atoms with Crippen molar-refractivity contribution >= 4 is 11.9 Å². The molecule has 7 nitrogen and oxygen atoms in total. The maximum Gasteiger partial charge on any atom is 0.335 e. The number of ether oxygens (including phenoxy) is 2. The van der Waals surface area contributed by atoms with Crippen LogP contribution in [0.1, 0.15) is 22.3 Å². The minimum atomic E-state index is -1.41. The number of hydrogen-bond donors (Lipinski definition) is 3. The van der Waals surface area contributed by atoms with Crippen LogP contribution in [0.3, 0.4) is 0 Å². The number of aromatic carboxylic acids is 1. The third-order valence-corrected chi connectivity index (χ3v) is 4.78. The monoisotopic (exact) mass is 436 g/mol. The van der Waals surface area contributed by atoms with Gasteiger partial charge in [0.05, 0.1) is 18.8 Å². The number of rotatable bonds is 11. The molecule has 1 unspecified atom stereocenters. The third kappa shape index (κ3) is 6.58. The lowest BCUT2D eigenvalue weighted by molar-refractivity contribution is -0.146. The van der Waals surface area contributed by atoms with Crippen LogP contribution in [0.25, 0.3) is 11.1 Å². The van der Waals surface area contributed by atoms with Crippen LogP contribution < -0.4 is 9.47 Å². The van der Waals surface area contributed by atoms with Gasteiger partial charge in [-0.15, -0.1) is 0 Å². The molecule has 0 spiro atoms. The highest BCUT2D eigenvalue weighted by atomic mass is 16.5. The summed E-state index contributed by atoms with van der Waals surface area (Å²) in [5, 5.41) is 27.1. The van der Waals surface area contributed by atoms with Crippen molar-refractivity contribution in [3.63, 3.8) is 0 Å². The molecule has 3 N–H and O–H groups in total. The summed E-state index contributed by atoms with van der Waals surface area (Å²) in [6.07, 6.45) is -0.682. The van der Waals surface area contributed by atoms with Gasteiger partial charge in [0.15, 0.2) is 6.10 Å². The molecule has 7 heteroatoms. The molecule has 3 aromatic carbocycles. The number of carboxylic acid groups (broad SMARTS) is 2. The standard InChI is InChI=1S/C25H24O7/c26-23(25(29)30)16-17-2-10-21(11-3-17)31-14-1-15-32-22-12-8-19(9-13-22)18-4-6-20(7-5-18)24(27)28/h2-13,23,26H,1,14-16H2,(H,27,28)(H,29,30). The second-order valence-electron chi connectivity index (χ2n) is 7.16. The summed E-state index contributed by atoms with van der Waals surface area (Å²) in [5.74, 6) is -0.791. The lowest BCUT2D eigenvalue weighted by Gasteiger charge is -2.10. The van der Waals surface area contributed by atoms with Crippen LogP contribution in [0.2, 0.25) is 0 Å². The van der Waals surface area contributed by atoms with Gasteiger partial charge >= 0.3 is 11.9 Å². The van der Waals surface area contributed by atoms with E-state index in [1.54, 1.807) is 48.5 Å². The van der Waals surface area contributed by atoms with E-state index in [0.29, 0.717) is 25.4 Å². The molecule has 0 bridgehead atoms. The zero-order chi connectivity index (χ0) is 22.9. The van der Waals surface area contributed by atoms with Crippen LogP contribution in [0.15, 0.2) is 72.8 Å². The normalized spacial score (nSPS) is 11.5. The zero-order valence-electron chi connectivity index (χ0n) is 17.3. The quantitative estimate of drug-likeness (QED) is 0.391. The molecule has 0 radical (unpaired) electrons. The molecule has 0 aliphatic heterocycles. The Bertz CT molecular complexity index is 1030. The molecular formula is C25H24O7. The summed E-state index contributed by atoms with van der Waals surface area (Å²) in [4.78, 5) is 21.6. The van der Waals surface area contributed by atoms with E-state index in [4.69, 9.17) is 19.7 Å². The van der Waals surface area contributed by atoms with Crippen molar-refractivity contribution in [3.8, 4) is 22.6 Å². The van der Waals surface area contributed by atoms with E-state index in [1.165, 1.54) is 0 Å². The fraction of sp³-hybridized carbons (Fsp3) is 0.200. The van der Waals surface area contributed by atoms with Crippen molar-refractivity contribution < 1.29 is 34.4 Å². The largest absolute Gasteiger partial charge is 0.493 e. The Kier molecular flexibility index (Phi) is 7.83. The van der Waals surface area contributed by atoms with Crippen molar-refractivity contribution in [3.05, 3.63) is 83.9 Å². The smallest absolute Gasteiger partial charge is 0.335 e. The third-order valence-electron chi connectivity index (χ3n) is 4.78. The second kappa shape index (κ2) is 11.0. The zero-order valence-corrected chi connectivity index (χ0v) is 17.3. The Labute approximate surface area is 185 Å². The highest BCUT2D eigenvalue weighted by Gasteiger charge is 2.13. The van der Waals surface area contributed by atoms with E-state index < -0.39 is 18.0 Å². The first kappa shape index (κ1) is 22.8. The number of benzene rings is 3. The Balaban J connectivity index is 1.39. The van der Waals surface area contributed by atoms with Crippen molar-refractivity contribution in [1.82, 2.24) is 0 Å². The first-order chi connectivity index (χ1) is 15.4. The number of hydrogen-bond acceptors (Lipinski definition) is 5. The van der Waals surface area contributed by atoms with E-state index >= 15 is 0 Å². The fourth-order valence-corrected chi connectivity index (χ4v) is 3.02. The molecule has 1 atom stereocenters. The number of carboxylic acids is 2. The van der Waals surface area contributed by atoms with Gasteiger partial charge in [-0.2, -0.15) is 0 Å². The van der Waals surface area contributed by atoms with Crippen molar-refractivity contribution in [1.29, 1.82) is 0 Å². The van der Waals surface area contributed by atoms with Crippen molar-refractivity contribution in [2.24, 2.45) is 0 Å². The molecule has 0 heterocycles. The number of aliphatic hydroxyl groups excluding tert-OH is 1. The molecule has 0 amide bonds. The number of aliphatic hydroxyl groups is 1. The molecule has 0 aliphatic rings. The molecule has 32 heavy (non-hydrogen) atoms. The van der Waals surface area contributed by atoms with Crippen LogP contribution in [-0.4, -0.2) is 46.6 Å². The van der Waals surface area contributed by atoms with E-state index in [-0.39, 0.29) is 12.0 Å². The molecule has 0 fully saturated rings. The fourth-order valence-electron chi connectivity index (χ4n) is 3.02. The predicted molar refractivity (Wildman–Crippen MR) is 118 cm³/mol. The number of aliphatic carboxylic acids is 1. The van der Waals surface area contributed by atoms with Crippen LogP contribution in [0.4, 0.5) is 0 Å². The van der Waals surface area contributed by atoms with Gasteiger partial charge in [-0.25, -0.2) is 9.59 Å². The summed E-state index contributed by atoms with van der Waals surface area (Å²) >= 11 is 0. The highest BCUT2D eigenvalue weighted by molar-refractivity contribution is 5.88. The number of carbonyl (C=O) groups is 2. The van der Waals surface area contributed by atoms with Gasteiger partial charge in [-0.05, 0) is 53.1 Å². The summed E-state index contributed by atoms with van der Waals surface area (Å²) in [7, 11) is 0. The molecule has 0 saturated carbocycles. The van der Waals surface area contributed by atoms with Gasteiger partial charge in [-0.1, -0.05) is 36.4 Å². The first-order valence-corrected chi connectivity index (χ1v) is 10.1. The highest BCUT2D eigenvalue weighted by Crippen LogP contribution is 2.23. The summed E-state index contributed by atoms with van der Waals surface area (Å²) in [6.45, 7) is 0.945. The van der Waals surface area contributed by atoms with E-state index in [0.717, 1.165) is 22.4 Å². The molecule has 3 rings (SSSR count). The Morgan fingerprint density at radius 1 is 0.719 bits per heavy atom. The minimum Gasteiger partial charge on any atom is -0.493 e.